The second kappa shape index (κ2) is 9.28. The Balaban J connectivity index is 1.56. The van der Waals surface area contributed by atoms with E-state index in [1.807, 2.05) is 0 Å². The van der Waals surface area contributed by atoms with Crippen LogP contribution in [-0.2, 0) is 26.2 Å². The number of hydrogen-bond donors (Lipinski definition) is 1. The summed E-state index contributed by atoms with van der Waals surface area (Å²) in [4.78, 5) is 27.0. The van der Waals surface area contributed by atoms with Crippen molar-refractivity contribution < 1.29 is 22.7 Å². The molecule has 0 spiro atoms. The summed E-state index contributed by atoms with van der Waals surface area (Å²) in [5.41, 5.74) is 0.613. The molecule has 0 bridgehead atoms. The van der Waals surface area contributed by atoms with Gasteiger partial charge in [-0.15, -0.1) is 0 Å². The molecule has 8 heteroatoms. The number of ether oxygens (including phenoxy) is 1. The van der Waals surface area contributed by atoms with E-state index in [1.165, 1.54) is 12.0 Å². The molecule has 0 aromatic heterocycles. The van der Waals surface area contributed by atoms with Gasteiger partial charge in [-0.05, 0) is 43.4 Å². The summed E-state index contributed by atoms with van der Waals surface area (Å²) in [5, 5.41) is 0. The van der Waals surface area contributed by atoms with Gasteiger partial charge in [-0.3, -0.25) is 14.5 Å². The molecule has 3 fully saturated rings. The molecular weight excluding hydrogens is 416 g/mol. The van der Waals surface area contributed by atoms with Gasteiger partial charge in [0.25, 0.3) is 0 Å². The highest BCUT2D eigenvalue weighted by Crippen LogP contribution is 2.39. The molecular formula is C23H32N2O5S. The molecule has 1 N–H and O–H groups in total. The normalized spacial score (nSPS) is 25.4. The predicted molar refractivity (Wildman–Crippen MR) is 116 cm³/mol. The number of nitrogens with one attached hydrogen (secondary N) is 1. The Bertz CT molecular complexity index is 913. The van der Waals surface area contributed by atoms with Gasteiger partial charge < -0.3 is 4.74 Å². The second-order valence-corrected chi connectivity index (χ2v) is 10.7. The number of sulfonamides is 1. The first-order valence-electron chi connectivity index (χ1n) is 11.4. The van der Waals surface area contributed by atoms with Gasteiger partial charge in [0.2, 0.25) is 21.8 Å². The predicted octanol–water partition coefficient (Wildman–Crippen LogP) is 3.37. The van der Waals surface area contributed by atoms with Gasteiger partial charge in [-0.2, -0.15) is 0 Å². The van der Waals surface area contributed by atoms with Crippen molar-refractivity contribution in [1.82, 2.24) is 9.62 Å². The SMILES string of the molecule is COc1ccc(CN2C(=O)C3CCCCC3C2=O)cc1S(=O)(=O)NC1CCCCCC1. The molecule has 2 amide bonds. The lowest BCUT2D eigenvalue weighted by atomic mass is 9.81. The summed E-state index contributed by atoms with van der Waals surface area (Å²) in [5.74, 6) is -0.394. The fourth-order valence-electron chi connectivity index (χ4n) is 5.28. The molecule has 4 rings (SSSR count). The Morgan fingerprint density at radius 1 is 0.935 bits per heavy atom. The van der Waals surface area contributed by atoms with Crippen molar-refractivity contribution in [2.75, 3.05) is 7.11 Å². The van der Waals surface area contributed by atoms with Crippen molar-refractivity contribution >= 4 is 21.8 Å². The third kappa shape index (κ3) is 4.65. The largest absolute Gasteiger partial charge is 0.495 e. The van der Waals surface area contributed by atoms with Crippen molar-refractivity contribution in [3.63, 3.8) is 0 Å². The van der Waals surface area contributed by atoms with Gasteiger partial charge in [0.15, 0.2) is 0 Å². The van der Waals surface area contributed by atoms with Crippen LogP contribution in [0.3, 0.4) is 0 Å². The van der Waals surface area contributed by atoms with Crippen LogP contribution in [0.25, 0.3) is 0 Å². The van der Waals surface area contributed by atoms with Crippen LogP contribution in [0, 0.1) is 11.8 Å². The molecule has 2 atom stereocenters. The molecule has 7 nitrogen and oxygen atoms in total. The zero-order valence-corrected chi connectivity index (χ0v) is 19.0. The summed E-state index contributed by atoms with van der Waals surface area (Å²) in [6.07, 6.45) is 9.46. The standard InChI is InChI=1S/C23H32N2O5S/c1-30-20-13-12-16(15-25-22(26)18-10-6-7-11-19(18)23(25)27)14-21(20)31(28,29)24-17-8-4-2-3-5-9-17/h12-14,17-19,24H,2-11,15H2,1H3. The van der Waals surface area contributed by atoms with Gasteiger partial charge in [0.1, 0.15) is 10.6 Å². The smallest absolute Gasteiger partial charge is 0.244 e. The summed E-state index contributed by atoms with van der Waals surface area (Å²) in [6, 6.07) is 4.80. The van der Waals surface area contributed by atoms with E-state index < -0.39 is 10.0 Å². The maximum Gasteiger partial charge on any atom is 0.244 e. The molecule has 0 radical (unpaired) electrons. The number of methoxy groups -OCH3 is 1. The zero-order valence-electron chi connectivity index (χ0n) is 18.1. The lowest BCUT2D eigenvalue weighted by Gasteiger charge is -2.19. The zero-order chi connectivity index (χ0) is 22.0. The number of nitrogens with zero attached hydrogens (tertiary/aromatic N) is 1. The highest BCUT2D eigenvalue weighted by molar-refractivity contribution is 7.89. The first-order valence-corrected chi connectivity index (χ1v) is 12.9. The van der Waals surface area contributed by atoms with Gasteiger partial charge in [0, 0.05) is 6.04 Å². The van der Waals surface area contributed by atoms with Crippen molar-refractivity contribution in [2.45, 2.75) is 81.7 Å². The van der Waals surface area contributed by atoms with E-state index in [-0.39, 0.29) is 46.9 Å². The minimum atomic E-state index is -3.79. The fraction of sp³-hybridized carbons (Fsp3) is 0.652. The van der Waals surface area contributed by atoms with Crippen LogP contribution in [0.1, 0.15) is 69.8 Å². The van der Waals surface area contributed by atoms with Crippen LogP contribution in [0.5, 0.6) is 5.75 Å². The Morgan fingerprint density at radius 3 is 2.10 bits per heavy atom. The van der Waals surface area contributed by atoms with Crippen LogP contribution in [0.15, 0.2) is 23.1 Å². The highest BCUT2D eigenvalue weighted by atomic mass is 32.2. The first kappa shape index (κ1) is 22.3. The Kier molecular flexibility index (Phi) is 6.67. The molecule has 2 unspecified atom stereocenters. The lowest BCUT2D eigenvalue weighted by molar-refractivity contribution is -0.140. The van der Waals surface area contributed by atoms with E-state index in [4.69, 9.17) is 4.74 Å². The first-order chi connectivity index (χ1) is 14.9. The number of amides is 2. The fourth-order valence-corrected chi connectivity index (χ4v) is 6.80. The van der Waals surface area contributed by atoms with Crippen LogP contribution in [-0.4, -0.2) is 38.3 Å². The number of benzene rings is 1. The monoisotopic (exact) mass is 448 g/mol. The van der Waals surface area contributed by atoms with Crippen molar-refractivity contribution in [1.29, 1.82) is 0 Å². The van der Waals surface area contributed by atoms with Crippen molar-refractivity contribution in [2.24, 2.45) is 11.8 Å². The molecule has 1 aromatic rings. The number of hydrogen-bond acceptors (Lipinski definition) is 5. The molecule has 170 valence electrons. The molecule has 1 aliphatic heterocycles. The van der Waals surface area contributed by atoms with Gasteiger partial charge in [0.05, 0.1) is 25.5 Å². The number of fused-ring (bicyclic) bond motifs is 1. The molecule has 1 saturated heterocycles. The van der Waals surface area contributed by atoms with Crippen molar-refractivity contribution in [3.8, 4) is 5.75 Å². The number of carbonyl (C=O) groups excluding carboxylic acids is 2. The summed E-state index contributed by atoms with van der Waals surface area (Å²) in [7, 11) is -2.34. The van der Waals surface area contributed by atoms with Crippen molar-refractivity contribution in [3.05, 3.63) is 23.8 Å². The minimum Gasteiger partial charge on any atom is -0.495 e. The average molecular weight is 449 g/mol. The number of imide groups is 1. The van der Waals surface area contributed by atoms with E-state index in [9.17, 15) is 18.0 Å². The van der Waals surface area contributed by atoms with Gasteiger partial charge in [-0.25, -0.2) is 13.1 Å². The number of likely N-dealkylation sites (tertiary alicyclic amines) is 1. The Morgan fingerprint density at radius 2 is 1.52 bits per heavy atom. The minimum absolute atomic E-state index is 0.0632. The third-order valence-electron chi connectivity index (χ3n) is 6.97. The van der Waals surface area contributed by atoms with Crippen LogP contribution < -0.4 is 9.46 Å². The molecule has 2 saturated carbocycles. The van der Waals surface area contributed by atoms with Gasteiger partial charge >= 0.3 is 0 Å². The van der Waals surface area contributed by atoms with E-state index in [2.05, 4.69) is 4.72 Å². The van der Waals surface area contributed by atoms with E-state index in [0.29, 0.717) is 5.56 Å². The van der Waals surface area contributed by atoms with Crippen LogP contribution in [0.2, 0.25) is 0 Å². The molecule has 2 aliphatic carbocycles. The summed E-state index contributed by atoms with van der Waals surface area (Å²) >= 11 is 0. The lowest BCUT2D eigenvalue weighted by Crippen LogP contribution is -2.35. The van der Waals surface area contributed by atoms with Crippen LogP contribution in [0.4, 0.5) is 0 Å². The summed E-state index contributed by atoms with van der Waals surface area (Å²) < 4.78 is 34.5. The maximum atomic E-state index is 13.2. The molecule has 31 heavy (non-hydrogen) atoms. The third-order valence-corrected chi connectivity index (χ3v) is 8.51. The van der Waals surface area contributed by atoms with E-state index in [0.717, 1.165) is 64.2 Å². The topological polar surface area (TPSA) is 92.8 Å². The van der Waals surface area contributed by atoms with E-state index >= 15 is 0 Å². The average Bonchev–Trinajstić information content (AvgIpc) is 2.94. The Hall–Kier alpha value is -1.93. The van der Waals surface area contributed by atoms with Gasteiger partial charge in [-0.1, -0.05) is 44.6 Å². The quantitative estimate of drug-likeness (QED) is 0.532. The number of carbonyl (C=O) groups is 2. The maximum absolute atomic E-state index is 13.2. The highest BCUT2D eigenvalue weighted by Gasteiger charge is 2.47. The van der Waals surface area contributed by atoms with Crippen LogP contribution >= 0.6 is 0 Å². The summed E-state index contributed by atoms with van der Waals surface area (Å²) in [6.45, 7) is 0.0978. The molecule has 1 aromatic carbocycles. The number of rotatable bonds is 6. The second-order valence-electron chi connectivity index (χ2n) is 9.06. The molecule has 1 heterocycles. The Labute approximate surface area is 184 Å². The molecule has 3 aliphatic rings. The van der Waals surface area contributed by atoms with E-state index in [1.54, 1.807) is 18.2 Å².